The number of benzene rings is 2. The van der Waals surface area contributed by atoms with Crippen molar-refractivity contribution in [1.82, 2.24) is 5.43 Å². The van der Waals surface area contributed by atoms with E-state index in [2.05, 4.69) is 24.5 Å². The van der Waals surface area contributed by atoms with Crippen LogP contribution < -0.4 is 11.3 Å². The molecule has 1 unspecified atom stereocenters. The highest BCUT2D eigenvalue weighted by Crippen LogP contribution is 2.24. The van der Waals surface area contributed by atoms with Gasteiger partial charge in [-0.3, -0.25) is 11.3 Å². The van der Waals surface area contributed by atoms with Gasteiger partial charge in [0.05, 0.1) is 6.04 Å². The summed E-state index contributed by atoms with van der Waals surface area (Å²) in [7, 11) is 0. The first-order chi connectivity index (χ1) is 8.70. The van der Waals surface area contributed by atoms with Crippen LogP contribution in [0.3, 0.4) is 0 Å². The number of halogens is 1. The molecule has 0 aliphatic carbocycles. The lowest BCUT2D eigenvalue weighted by Gasteiger charge is -2.19. The highest BCUT2D eigenvalue weighted by atomic mass is 35.5. The van der Waals surface area contributed by atoms with Crippen LogP contribution in [0.4, 0.5) is 0 Å². The van der Waals surface area contributed by atoms with Crippen LogP contribution in [0.1, 0.15) is 22.7 Å². The van der Waals surface area contributed by atoms with Gasteiger partial charge >= 0.3 is 0 Å². The van der Waals surface area contributed by atoms with Crippen LogP contribution in [0.25, 0.3) is 0 Å². The number of hydrazine groups is 1. The number of nitrogens with two attached hydrogens (primary N) is 1. The molecule has 2 nitrogen and oxygen atoms in total. The van der Waals surface area contributed by atoms with Crippen molar-refractivity contribution in [2.24, 2.45) is 5.84 Å². The summed E-state index contributed by atoms with van der Waals surface area (Å²) >= 11 is 6.05. The van der Waals surface area contributed by atoms with Crippen LogP contribution >= 0.6 is 11.6 Å². The first-order valence-corrected chi connectivity index (χ1v) is 6.34. The van der Waals surface area contributed by atoms with E-state index >= 15 is 0 Å². The topological polar surface area (TPSA) is 38.0 Å². The van der Waals surface area contributed by atoms with Crippen LogP contribution in [-0.2, 0) is 6.42 Å². The van der Waals surface area contributed by atoms with Gasteiger partial charge in [0, 0.05) is 5.02 Å². The van der Waals surface area contributed by atoms with E-state index in [0.717, 1.165) is 17.0 Å². The largest absolute Gasteiger partial charge is 0.271 e. The molecule has 2 aromatic carbocycles. The fourth-order valence-electron chi connectivity index (χ4n) is 2.10. The molecule has 0 amide bonds. The molecule has 0 aliphatic heterocycles. The van der Waals surface area contributed by atoms with Crippen molar-refractivity contribution in [3.63, 3.8) is 0 Å². The van der Waals surface area contributed by atoms with Crippen molar-refractivity contribution >= 4 is 11.6 Å². The molecule has 0 saturated carbocycles. The van der Waals surface area contributed by atoms with Gasteiger partial charge in [-0.05, 0) is 42.2 Å². The molecule has 0 saturated heterocycles. The summed E-state index contributed by atoms with van der Waals surface area (Å²) in [6, 6.07) is 16.3. The van der Waals surface area contributed by atoms with Gasteiger partial charge < -0.3 is 0 Å². The summed E-state index contributed by atoms with van der Waals surface area (Å²) < 4.78 is 0. The van der Waals surface area contributed by atoms with Gasteiger partial charge in [0.2, 0.25) is 0 Å². The third kappa shape index (κ3) is 3.10. The lowest BCUT2D eigenvalue weighted by atomic mass is 9.96. The van der Waals surface area contributed by atoms with Crippen molar-refractivity contribution in [3.8, 4) is 0 Å². The molecule has 0 heterocycles. The summed E-state index contributed by atoms with van der Waals surface area (Å²) in [6.45, 7) is 2.07. The molecule has 2 aromatic rings. The molecule has 18 heavy (non-hydrogen) atoms. The van der Waals surface area contributed by atoms with E-state index in [1.165, 1.54) is 11.1 Å². The molecule has 3 N–H and O–H groups in total. The van der Waals surface area contributed by atoms with E-state index in [4.69, 9.17) is 17.4 Å². The minimum Gasteiger partial charge on any atom is -0.271 e. The summed E-state index contributed by atoms with van der Waals surface area (Å²) in [5.41, 5.74) is 6.47. The maximum atomic E-state index is 6.05. The average Bonchev–Trinajstić information content (AvgIpc) is 2.40. The predicted octanol–water partition coefficient (Wildman–Crippen LogP) is 3.40. The zero-order valence-electron chi connectivity index (χ0n) is 10.4. The first-order valence-electron chi connectivity index (χ1n) is 5.97. The Hall–Kier alpha value is -1.35. The van der Waals surface area contributed by atoms with Crippen LogP contribution in [0.15, 0.2) is 48.5 Å². The van der Waals surface area contributed by atoms with Crippen molar-refractivity contribution in [1.29, 1.82) is 0 Å². The van der Waals surface area contributed by atoms with Gasteiger partial charge in [-0.1, -0.05) is 48.0 Å². The molecule has 2 rings (SSSR count). The third-order valence-corrected chi connectivity index (χ3v) is 3.34. The van der Waals surface area contributed by atoms with E-state index in [9.17, 15) is 0 Å². The quantitative estimate of drug-likeness (QED) is 0.653. The predicted molar refractivity (Wildman–Crippen MR) is 76.4 cm³/mol. The minimum absolute atomic E-state index is 0.0751. The Morgan fingerprint density at radius 2 is 1.89 bits per heavy atom. The number of nitrogens with one attached hydrogen (secondary N) is 1. The number of hydrogen-bond donors (Lipinski definition) is 2. The SMILES string of the molecule is Cc1ccc(Cl)cc1C(Cc1ccccc1)NN. The number of rotatable bonds is 4. The normalized spacial score (nSPS) is 12.4. The Labute approximate surface area is 113 Å². The van der Waals surface area contributed by atoms with Gasteiger partial charge in [-0.15, -0.1) is 0 Å². The Kier molecular flexibility index (Phi) is 4.37. The van der Waals surface area contributed by atoms with E-state index < -0.39 is 0 Å². The second-order valence-electron chi connectivity index (χ2n) is 4.41. The zero-order valence-corrected chi connectivity index (χ0v) is 11.1. The highest BCUT2D eigenvalue weighted by Gasteiger charge is 2.13. The molecule has 3 heteroatoms. The molecular weight excluding hydrogens is 244 g/mol. The second kappa shape index (κ2) is 6.01. The van der Waals surface area contributed by atoms with Gasteiger partial charge in [0.15, 0.2) is 0 Å². The first kappa shape index (κ1) is 13.1. The fraction of sp³-hybridized carbons (Fsp3) is 0.200. The van der Waals surface area contributed by atoms with Crippen molar-refractivity contribution < 1.29 is 0 Å². The van der Waals surface area contributed by atoms with E-state index in [-0.39, 0.29) is 6.04 Å². The molecule has 0 fully saturated rings. The molecule has 0 aromatic heterocycles. The Morgan fingerprint density at radius 3 is 2.56 bits per heavy atom. The van der Waals surface area contributed by atoms with Crippen LogP contribution in [0.2, 0.25) is 5.02 Å². The monoisotopic (exact) mass is 260 g/mol. The molecule has 0 spiro atoms. The van der Waals surface area contributed by atoms with Crippen LogP contribution in [-0.4, -0.2) is 0 Å². The second-order valence-corrected chi connectivity index (χ2v) is 4.85. The van der Waals surface area contributed by atoms with Crippen molar-refractivity contribution in [2.45, 2.75) is 19.4 Å². The molecule has 1 atom stereocenters. The summed E-state index contributed by atoms with van der Waals surface area (Å²) in [6.07, 6.45) is 0.846. The molecular formula is C15H17ClN2. The third-order valence-electron chi connectivity index (χ3n) is 3.10. The minimum atomic E-state index is 0.0751. The standard InChI is InChI=1S/C15H17ClN2/c1-11-7-8-13(16)10-14(11)15(18-17)9-12-5-3-2-4-6-12/h2-8,10,15,18H,9,17H2,1H3. The number of hydrogen-bond acceptors (Lipinski definition) is 2. The lowest BCUT2D eigenvalue weighted by molar-refractivity contribution is 0.549. The summed E-state index contributed by atoms with van der Waals surface area (Å²) in [5, 5.41) is 0.740. The molecule has 0 bridgehead atoms. The Morgan fingerprint density at radius 1 is 1.17 bits per heavy atom. The summed E-state index contributed by atoms with van der Waals surface area (Å²) in [5.74, 6) is 5.68. The number of aryl methyl sites for hydroxylation is 1. The van der Waals surface area contributed by atoms with Gasteiger partial charge in [0.25, 0.3) is 0 Å². The summed E-state index contributed by atoms with van der Waals surface area (Å²) in [4.78, 5) is 0. The van der Waals surface area contributed by atoms with E-state index in [0.29, 0.717) is 0 Å². The Bertz CT molecular complexity index is 511. The van der Waals surface area contributed by atoms with Crippen LogP contribution in [0, 0.1) is 6.92 Å². The van der Waals surface area contributed by atoms with Gasteiger partial charge in [0.1, 0.15) is 0 Å². The zero-order chi connectivity index (χ0) is 13.0. The van der Waals surface area contributed by atoms with E-state index in [1.54, 1.807) is 0 Å². The maximum absolute atomic E-state index is 6.05. The van der Waals surface area contributed by atoms with Gasteiger partial charge in [-0.2, -0.15) is 0 Å². The smallest absolute Gasteiger partial charge is 0.0503 e. The Balaban J connectivity index is 2.26. The fourth-order valence-corrected chi connectivity index (χ4v) is 2.28. The average molecular weight is 261 g/mol. The van der Waals surface area contributed by atoms with Crippen molar-refractivity contribution in [2.75, 3.05) is 0 Å². The van der Waals surface area contributed by atoms with Gasteiger partial charge in [-0.25, -0.2) is 0 Å². The molecule has 0 aliphatic rings. The highest BCUT2D eigenvalue weighted by molar-refractivity contribution is 6.30. The molecule has 0 radical (unpaired) electrons. The van der Waals surface area contributed by atoms with Crippen molar-refractivity contribution in [3.05, 3.63) is 70.2 Å². The van der Waals surface area contributed by atoms with Crippen LogP contribution in [0.5, 0.6) is 0 Å². The lowest BCUT2D eigenvalue weighted by Crippen LogP contribution is -2.30. The molecule has 94 valence electrons. The maximum Gasteiger partial charge on any atom is 0.0503 e. The van der Waals surface area contributed by atoms with E-state index in [1.807, 2.05) is 36.4 Å².